The van der Waals surface area contributed by atoms with Crippen LogP contribution in [0.3, 0.4) is 0 Å². The fourth-order valence-electron chi connectivity index (χ4n) is 3.75. The number of hydrogen-bond acceptors (Lipinski definition) is 5. The third-order valence-electron chi connectivity index (χ3n) is 5.86. The quantitative estimate of drug-likeness (QED) is 0.136. The van der Waals surface area contributed by atoms with Gasteiger partial charge in [-0.2, -0.15) is 0 Å². The van der Waals surface area contributed by atoms with Crippen LogP contribution in [-0.4, -0.2) is 41.3 Å². The Bertz CT molecular complexity index is 411. The van der Waals surface area contributed by atoms with Crippen LogP contribution in [0.15, 0.2) is 0 Å². The van der Waals surface area contributed by atoms with Crippen molar-refractivity contribution < 1.29 is 24.5 Å². The molecule has 31 heavy (non-hydrogen) atoms. The van der Waals surface area contributed by atoms with Crippen molar-refractivity contribution in [2.24, 2.45) is 0 Å². The van der Waals surface area contributed by atoms with Crippen LogP contribution in [0.4, 0.5) is 0 Å². The number of ketones is 1. The van der Waals surface area contributed by atoms with Gasteiger partial charge in [0.1, 0.15) is 6.10 Å². The van der Waals surface area contributed by atoms with E-state index in [1.165, 1.54) is 70.6 Å². The number of hydrogen-bond donors (Lipinski definition) is 2. The molecule has 0 amide bonds. The first-order valence-corrected chi connectivity index (χ1v) is 13.1. The maximum atomic E-state index is 11.7. The van der Waals surface area contributed by atoms with E-state index in [-0.39, 0.29) is 11.8 Å². The number of ether oxygens (including phenoxy) is 1. The molecular formula is C26H50O5. The number of unbranched alkanes of at least 4 members (excludes halogenated alkanes) is 16. The number of carbonyl (C=O) groups is 2. The highest BCUT2D eigenvalue weighted by molar-refractivity contribution is 5.82. The lowest BCUT2D eigenvalue weighted by Gasteiger charge is -2.06. The highest BCUT2D eigenvalue weighted by atomic mass is 16.5. The zero-order valence-electron chi connectivity index (χ0n) is 20.3. The lowest BCUT2D eigenvalue weighted by atomic mass is 10.0. The molecule has 1 unspecified atom stereocenters. The summed E-state index contributed by atoms with van der Waals surface area (Å²) < 4.78 is 5.33. The highest BCUT2D eigenvalue weighted by Crippen LogP contribution is 2.13. The number of Topliss-reactive ketones (excluding diaryl/α,β-unsaturated/α-hetero) is 1. The average molecular weight is 443 g/mol. The molecule has 5 heteroatoms. The summed E-state index contributed by atoms with van der Waals surface area (Å²) in [5.74, 6) is -0.270. The topological polar surface area (TPSA) is 83.8 Å². The number of aliphatic hydroxyl groups excluding tert-OH is 2. The molecule has 0 aromatic heterocycles. The summed E-state index contributed by atoms with van der Waals surface area (Å²) in [6, 6.07) is 0. The molecule has 0 bridgehead atoms. The van der Waals surface area contributed by atoms with Gasteiger partial charge >= 0.3 is 5.97 Å². The normalized spacial score (nSPS) is 12.1. The Morgan fingerprint density at radius 2 is 1.06 bits per heavy atom. The van der Waals surface area contributed by atoms with Crippen molar-refractivity contribution in [1.82, 2.24) is 0 Å². The molecule has 0 saturated heterocycles. The van der Waals surface area contributed by atoms with Crippen molar-refractivity contribution >= 4 is 11.8 Å². The molecule has 0 fully saturated rings. The summed E-state index contributed by atoms with van der Waals surface area (Å²) in [5.41, 5.74) is 0. The third-order valence-corrected chi connectivity index (χ3v) is 5.86. The molecule has 0 saturated carbocycles. The Balaban J connectivity index is 3.21. The standard InChI is InChI=1S/C26H50O5/c1-2-3-4-5-11-15-18-21-26(30)31-22-19-16-13-10-8-6-7-9-12-14-17-20-24(28)25(29)23-27/h25,27,29H,2-23H2,1H3. The molecule has 5 nitrogen and oxygen atoms in total. The minimum Gasteiger partial charge on any atom is -0.466 e. The Morgan fingerprint density at radius 3 is 1.55 bits per heavy atom. The van der Waals surface area contributed by atoms with Crippen LogP contribution < -0.4 is 0 Å². The number of esters is 1. The minimum atomic E-state index is -1.19. The van der Waals surface area contributed by atoms with Crippen LogP contribution in [0.25, 0.3) is 0 Å². The van der Waals surface area contributed by atoms with Gasteiger partial charge in [0.05, 0.1) is 13.2 Å². The van der Waals surface area contributed by atoms with Crippen LogP contribution in [0.2, 0.25) is 0 Å². The zero-order chi connectivity index (χ0) is 23.0. The SMILES string of the molecule is CCCCCCCCCC(=O)OCCCCCCCCCCCCCC(=O)C(O)CO. The molecule has 0 aromatic rings. The van der Waals surface area contributed by atoms with Crippen molar-refractivity contribution in [2.45, 2.75) is 141 Å². The molecule has 1 atom stereocenters. The summed E-state index contributed by atoms with van der Waals surface area (Å²) >= 11 is 0. The molecular weight excluding hydrogens is 392 g/mol. The first-order valence-electron chi connectivity index (χ1n) is 13.1. The zero-order valence-corrected chi connectivity index (χ0v) is 20.3. The number of rotatable bonds is 24. The lowest BCUT2D eigenvalue weighted by Crippen LogP contribution is -2.23. The van der Waals surface area contributed by atoms with E-state index in [1.54, 1.807) is 0 Å². The molecule has 0 aliphatic heterocycles. The van der Waals surface area contributed by atoms with Crippen molar-refractivity contribution in [3.05, 3.63) is 0 Å². The Morgan fingerprint density at radius 1 is 0.645 bits per heavy atom. The predicted octanol–water partition coefficient (Wildman–Crippen LogP) is 6.27. The first-order chi connectivity index (χ1) is 15.1. The summed E-state index contributed by atoms with van der Waals surface area (Å²) in [7, 11) is 0. The fourth-order valence-corrected chi connectivity index (χ4v) is 3.75. The second-order valence-corrected chi connectivity index (χ2v) is 8.90. The van der Waals surface area contributed by atoms with Gasteiger partial charge in [0.15, 0.2) is 5.78 Å². The van der Waals surface area contributed by atoms with Gasteiger partial charge in [0.2, 0.25) is 0 Å². The van der Waals surface area contributed by atoms with Gasteiger partial charge in [0, 0.05) is 12.8 Å². The van der Waals surface area contributed by atoms with E-state index in [0.29, 0.717) is 19.4 Å². The van der Waals surface area contributed by atoms with Crippen molar-refractivity contribution in [1.29, 1.82) is 0 Å². The predicted molar refractivity (Wildman–Crippen MR) is 127 cm³/mol. The average Bonchev–Trinajstić information content (AvgIpc) is 2.77. The molecule has 0 spiro atoms. The molecule has 0 aromatic carbocycles. The minimum absolute atomic E-state index is 0.0255. The fraction of sp³-hybridized carbons (Fsp3) is 0.923. The number of carbonyl (C=O) groups excluding carboxylic acids is 2. The van der Waals surface area contributed by atoms with Crippen LogP contribution in [0.5, 0.6) is 0 Å². The third kappa shape index (κ3) is 22.1. The van der Waals surface area contributed by atoms with E-state index in [9.17, 15) is 14.7 Å². The monoisotopic (exact) mass is 442 g/mol. The lowest BCUT2D eigenvalue weighted by molar-refractivity contribution is -0.143. The van der Waals surface area contributed by atoms with E-state index in [4.69, 9.17) is 9.84 Å². The van der Waals surface area contributed by atoms with Gasteiger partial charge in [-0.3, -0.25) is 9.59 Å². The van der Waals surface area contributed by atoms with E-state index in [0.717, 1.165) is 44.9 Å². The van der Waals surface area contributed by atoms with E-state index >= 15 is 0 Å². The van der Waals surface area contributed by atoms with Gasteiger partial charge in [-0.05, 0) is 19.3 Å². The van der Waals surface area contributed by atoms with Gasteiger partial charge < -0.3 is 14.9 Å². The summed E-state index contributed by atoms with van der Waals surface area (Å²) in [5, 5.41) is 17.9. The summed E-state index contributed by atoms with van der Waals surface area (Å²) in [6.45, 7) is 2.33. The van der Waals surface area contributed by atoms with Gasteiger partial charge in [0.25, 0.3) is 0 Å². The molecule has 0 rings (SSSR count). The maximum Gasteiger partial charge on any atom is 0.305 e. The second-order valence-electron chi connectivity index (χ2n) is 8.90. The van der Waals surface area contributed by atoms with E-state index in [1.807, 2.05) is 0 Å². The Kier molecular flexibility index (Phi) is 23.0. The Labute approximate surface area is 191 Å². The molecule has 0 aliphatic carbocycles. The van der Waals surface area contributed by atoms with Crippen molar-refractivity contribution in [3.8, 4) is 0 Å². The molecule has 0 heterocycles. The molecule has 2 N–H and O–H groups in total. The van der Waals surface area contributed by atoms with Crippen LogP contribution in [-0.2, 0) is 14.3 Å². The summed E-state index contributed by atoms with van der Waals surface area (Å²) in [4.78, 5) is 23.1. The van der Waals surface area contributed by atoms with Crippen molar-refractivity contribution in [2.75, 3.05) is 13.2 Å². The molecule has 0 aliphatic rings. The first kappa shape index (κ1) is 30.1. The van der Waals surface area contributed by atoms with E-state index < -0.39 is 12.7 Å². The Hall–Kier alpha value is -0.940. The summed E-state index contributed by atoms with van der Waals surface area (Å²) in [6.07, 6.45) is 20.8. The van der Waals surface area contributed by atoms with Crippen LogP contribution in [0.1, 0.15) is 135 Å². The highest BCUT2D eigenvalue weighted by Gasteiger charge is 2.12. The smallest absolute Gasteiger partial charge is 0.305 e. The van der Waals surface area contributed by atoms with Gasteiger partial charge in [-0.15, -0.1) is 0 Å². The van der Waals surface area contributed by atoms with Gasteiger partial charge in [-0.1, -0.05) is 103 Å². The van der Waals surface area contributed by atoms with Crippen molar-refractivity contribution in [3.63, 3.8) is 0 Å². The van der Waals surface area contributed by atoms with Gasteiger partial charge in [-0.25, -0.2) is 0 Å². The second kappa shape index (κ2) is 23.7. The molecule has 0 radical (unpaired) electrons. The largest absolute Gasteiger partial charge is 0.466 e. The number of aliphatic hydroxyl groups is 2. The molecule has 184 valence electrons. The van der Waals surface area contributed by atoms with Crippen LogP contribution >= 0.6 is 0 Å². The van der Waals surface area contributed by atoms with E-state index in [2.05, 4.69) is 6.92 Å². The van der Waals surface area contributed by atoms with Crippen LogP contribution in [0, 0.1) is 0 Å². The maximum absolute atomic E-state index is 11.7.